The molecule has 1 saturated carbocycles. The average molecular weight is 383 g/mol. The minimum atomic E-state index is 0.221. The minimum Gasteiger partial charge on any atom is -0.490 e. The van der Waals surface area contributed by atoms with Crippen LogP contribution in [0.1, 0.15) is 68.1 Å². The van der Waals surface area contributed by atoms with Gasteiger partial charge in [0, 0.05) is 25.4 Å². The highest BCUT2D eigenvalue weighted by Crippen LogP contribution is 2.26. The summed E-state index contributed by atoms with van der Waals surface area (Å²) in [5.74, 6) is 3.07. The third-order valence-electron chi connectivity index (χ3n) is 5.88. The number of carbonyl (C=O) groups excluding carboxylic acids is 1. The maximum atomic E-state index is 12.8. The lowest BCUT2D eigenvalue weighted by Gasteiger charge is -2.31. The van der Waals surface area contributed by atoms with E-state index in [0.29, 0.717) is 12.5 Å². The number of rotatable bonds is 6. The number of nitrogens with zero attached hydrogens (tertiary/aromatic N) is 3. The first-order valence-electron chi connectivity index (χ1n) is 10.6. The molecule has 2 aromatic rings. The number of H-pyrrole nitrogens is 1. The molecular weight excluding hydrogens is 352 g/mol. The fourth-order valence-corrected chi connectivity index (χ4v) is 4.34. The van der Waals surface area contributed by atoms with E-state index in [1.165, 1.54) is 18.4 Å². The van der Waals surface area contributed by atoms with Crippen molar-refractivity contribution >= 4 is 5.91 Å². The Balaban J connectivity index is 1.30. The highest BCUT2D eigenvalue weighted by Gasteiger charge is 2.27. The topological polar surface area (TPSA) is 71.1 Å². The smallest absolute Gasteiger partial charge is 0.222 e. The van der Waals surface area contributed by atoms with Gasteiger partial charge in [0.1, 0.15) is 11.6 Å². The molecule has 2 fully saturated rings. The van der Waals surface area contributed by atoms with Gasteiger partial charge in [0.15, 0.2) is 5.82 Å². The summed E-state index contributed by atoms with van der Waals surface area (Å²) in [5.41, 5.74) is 1.17. The van der Waals surface area contributed by atoms with E-state index in [9.17, 15) is 4.79 Å². The normalized spacial score (nSPS) is 20.5. The zero-order valence-corrected chi connectivity index (χ0v) is 16.7. The number of hydrogen-bond acceptors (Lipinski definition) is 4. The number of aryl methyl sites for hydroxylation is 2. The molecule has 28 heavy (non-hydrogen) atoms. The summed E-state index contributed by atoms with van der Waals surface area (Å²) in [6.45, 7) is 3.47. The standard InChI is InChI=1S/C22H30N4O2/c1-16-23-22(25-24-16)18-7-5-13-26(15-18)21(27)12-11-17-6-4-10-20(14-17)28-19-8-2-3-9-19/h4,6,10,14,18-19H,2-3,5,7-9,11-13,15H2,1H3,(H,23,24,25)/t18-/m0/s1. The predicted molar refractivity (Wildman–Crippen MR) is 107 cm³/mol. The molecule has 1 atom stereocenters. The van der Waals surface area contributed by atoms with Crippen molar-refractivity contribution in [2.75, 3.05) is 13.1 Å². The molecule has 0 radical (unpaired) electrons. The second kappa shape index (κ2) is 8.76. The van der Waals surface area contributed by atoms with E-state index in [0.717, 1.165) is 62.6 Å². The number of piperidine rings is 1. The summed E-state index contributed by atoms with van der Waals surface area (Å²) in [4.78, 5) is 19.2. The Morgan fingerprint density at radius 1 is 1.25 bits per heavy atom. The second-order valence-corrected chi connectivity index (χ2v) is 8.13. The third kappa shape index (κ3) is 4.72. The van der Waals surface area contributed by atoms with Gasteiger partial charge in [-0.15, -0.1) is 0 Å². The van der Waals surface area contributed by atoms with Gasteiger partial charge in [-0.2, -0.15) is 5.10 Å². The summed E-state index contributed by atoms with van der Waals surface area (Å²) in [6, 6.07) is 8.25. The van der Waals surface area contributed by atoms with Crippen molar-refractivity contribution < 1.29 is 9.53 Å². The molecular formula is C22H30N4O2. The third-order valence-corrected chi connectivity index (χ3v) is 5.88. The monoisotopic (exact) mass is 382 g/mol. The zero-order chi connectivity index (χ0) is 19.3. The number of aromatic nitrogens is 3. The Morgan fingerprint density at radius 2 is 2.11 bits per heavy atom. The maximum absolute atomic E-state index is 12.8. The van der Waals surface area contributed by atoms with Crippen molar-refractivity contribution in [2.45, 2.75) is 70.3 Å². The average Bonchev–Trinajstić information content (AvgIpc) is 3.38. The molecule has 0 unspecified atom stereocenters. The molecule has 1 aromatic heterocycles. The number of amides is 1. The number of hydrogen-bond donors (Lipinski definition) is 1. The molecule has 1 amide bonds. The Labute approximate surface area is 166 Å². The summed E-state index contributed by atoms with van der Waals surface area (Å²) < 4.78 is 6.09. The van der Waals surface area contributed by atoms with Gasteiger partial charge in [-0.25, -0.2) is 4.98 Å². The zero-order valence-electron chi connectivity index (χ0n) is 16.7. The van der Waals surface area contributed by atoms with Crippen LogP contribution < -0.4 is 4.74 Å². The second-order valence-electron chi connectivity index (χ2n) is 8.13. The molecule has 1 N–H and O–H groups in total. The van der Waals surface area contributed by atoms with Crippen molar-refractivity contribution in [3.63, 3.8) is 0 Å². The van der Waals surface area contributed by atoms with Gasteiger partial charge in [-0.05, 0) is 69.6 Å². The first-order valence-corrected chi connectivity index (χ1v) is 10.6. The van der Waals surface area contributed by atoms with Crippen LogP contribution in [0.25, 0.3) is 0 Å². The van der Waals surface area contributed by atoms with Crippen LogP contribution in [0.4, 0.5) is 0 Å². The minimum absolute atomic E-state index is 0.221. The van der Waals surface area contributed by atoms with E-state index in [-0.39, 0.29) is 11.8 Å². The molecule has 1 saturated heterocycles. The van der Waals surface area contributed by atoms with Gasteiger partial charge in [0.2, 0.25) is 5.91 Å². The van der Waals surface area contributed by atoms with Crippen LogP contribution in [-0.4, -0.2) is 45.2 Å². The fraction of sp³-hybridized carbons (Fsp3) is 0.591. The number of carbonyl (C=O) groups is 1. The first kappa shape index (κ1) is 19.0. The summed E-state index contributed by atoms with van der Waals surface area (Å²) in [6.07, 6.45) is 8.55. The van der Waals surface area contributed by atoms with E-state index in [2.05, 4.69) is 27.3 Å². The largest absolute Gasteiger partial charge is 0.490 e. The Hall–Kier alpha value is -2.37. The predicted octanol–water partition coefficient (Wildman–Crippen LogP) is 3.77. The summed E-state index contributed by atoms with van der Waals surface area (Å²) in [7, 11) is 0. The van der Waals surface area contributed by atoms with Crippen molar-refractivity contribution in [1.29, 1.82) is 0 Å². The highest BCUT2D eigenvalue weighted by molar-refractivity contribution is 5.76. The molecule has 2 heterocycles. The number of likely N-dealkylation sites (tertiary alicyclic amines) is 1. The van der Waals surface area contributed by atoms with E-state index in [1.54, 1.807) is 0 Å². The van der Waals surface area contributed by atoms with Crippen molar-refractivity contribution in [1.82, 2.24) is 20.1 Å². The van der Waals surface area contributed by atoms with Crippen molar-refractivity contribution in [2.24, 2.45) is 0 Å². The van der Waals surface area contributed by atoms with Gasteiger partial charge < -0.3 is 9.64 Å². The Kier molecular flexibility index (Phi) is 5.93. The van der Waals surface area contributed by atoms with Gasteiger partial charge in [0.25, 0.3) is 0 Å². The quantitative estimate of drug-likeness (QED) is 0.825. The molecule has 6 nitrogen and oxygen atoms in total. The molecule has 0 bridgehead atoms. The molecule has 6 heteroatoms. The lowest BCUT2D eigenvalue weighted by atomic mass is 9.97. The SMILES string of the molecule is Cc1nc([C@H]2CCCN(C(=O)CCc3cccc(OC4CCCC4)c3)C2)n[nH]1. The van der Waals surface area contributed by atoms with Crippen LogP contribution in [0.15, 0.2) is 24.3 Å². The van der Waals surface area contributed by atoms with Gasteiger partial charge in [-0.3, -0.25) is 9.89 Å². The van der Waals surface area contributed by atoms with E-state index in [1.807, 2.05) is 24.0 Å². The Morgan fingerprint density at radius 3 is 2.89 bits per heavy atom. The highest BCUT2D eigenvalue weighted by atomic mass is 16.5. The molecule has 1 aliphatic heterocycles. The van der Waals surface area contributed by atoms with E-state index >= 15 is 0 Å². The van der Waals surface area contributed by atoms with Crippen LogP contribution in [-0.2, 0) is 11.2 Å². The number of aromatic amines is 1. The Bertz CT molecular complexity index is 797. The number of nitrogens with one attached hydrogen (secondary N) is 1. The molecule has 4 rings (SSSR count). The number of benzene rings is 1. The van der Waals surface area contributed by atoms with Crippen LogP contribution in [0.2, 0.25) is 0 Å². The van der Waals surface area contributed by atoms with Crippen LogP contribution in [0, 0.1) is 6.92 Å². The van der Waals surface area contributed by atoms with Gasteiger partial charge in [-0.1, -0.05) is 12.1 Å². The van der Waals surface area contributed by atoms with Gasteiger partial charge >= 0.3 is 0 Å². The molecule has 1 aromatic carbocycles. The fourth-order valence-electron chi connectivity index (χ4n) is 4.34. The summed E-state index contributed by atoms with van der Waals surface area (Å²) in [5, 5.41) is 7.20. The van der Waals surface area contributed by atoms with E-state index < -0.39 is 0 Å². The molecule has 150 valence electrons. The molecule has 1 aliphatic carbocycles. The molecule has 2 aliphatic rings. The first-order chi connectivity index (χ1) is 13.7. The van der Waals surface area contributed by atoms with Crippen LogP contribution in [0.3, 0.4) is 0 Å². The molecule has 0 spiro atoms. The maximum Gasteiger partial charge on any atom is 0.222 e. The van der Waals surface area contributed by atoms with Crippen LogP contribution >= 0.6 is 0 Å². The van der Waals surface area contributed by atoms with Crippen molar-refractivity contribution in [3.05, 3.63) is 41.5 Å². The lowest BCUT2D eigenvalue weighted by Crippen LogP contribution is -2.39. The summed E-state index contributed by atoms with van der Waals surface area (Å²) >= 11 is 0. The lowest BCUT2D eigenvalue weighted by molar-refractivity contribution is -0.132. The van der Waals surface area contributed by atoms with Crippen LogP contribution in [0.5, 0.6) is 5.75 Å². The van der Waals surface area contributed by atoms with E-state index in [4.69, 9.17) is 4.74 Å². The number of ether oxygens (including phenoxy) is 1. The van der Waals surface area contributed by atoms with Crippen molar-refractivity contribution in [3.8, 4) is 5.75 Å². The van der Waals surface area contributed by atoms with Gasteiger partial charge in [0.05, 0.1) is 6.10 Å².